The second kappa shape index (κ2) is 8.55. The van der Waals surface area contributed by atoms with Crippen molar-refractivity contribution in [2.75, 3.05) is 6.54 Å². The van der Waals surface area contributed by atoms with Gasteiger partial charge in [-0.05, 0) is 50.1 Å². The number of H-pyrrole nitrogens is 1. The first-order valence-corrected chi connectivity index (χ1v) is 10.1. The molecular formula is C24H23FN4O2. The minimum Gasteiger partial charge on any atom is -0.354 e. The number of aromatic amines is 1. The van der Waals surface area contributed by atoms with Gasteiger partial charge in [-0.15, -0.1) is 0 Å². The Morgan fingerprint density at radius 2 is 1.84 bits per heavy atom. The molecule has 0 aliphatic carbocycles. The smallest absolute Gasteiger partial charge is 0.270 e. The van der Waals surface area contributed by atoms with Gasteiger partial charge in [-0.2, -0.15) is 0 Å². The zero-order valence-electron chi connectivity index (χ0n) is 17.3. The fraction of sp³-hybridized carbons (Fsp3) is 0.208. The molecule has 4 rings (SSSR count). The van der Waals surface area contributed by atoms with E-state index >= 15 is 0 Å². The van der Waals surface area contributed by atoms with E-state index in [9.17, 15) is 14.0 Å². The molecule has 0 aliphatic rings. The van der Waals surface area contributed by atoms with Crippen LogP contribution in [-0.4, -0.2) is 34.4 Å². The van der Waals surface area contributed by atoms with Crippen molar-refractivity contribution < 1.29 is 14.0 Å². The van der Waals surface area contributed by atoms with Crippen LogP contribution in [0.4, 0.5) is 4.39 Å². The lowest BCUT2D eigenvalue weighted by Gasteiger charge is -2.14. The highest BCUT2D eigenvalue weighted by atomic mass is 19.1. The van der Waals surface area contributed by atoms with Crippen molar-refractivity contribution in [3.05, 3.63) is 77.4 Å². The van der Waals surface area contributed by atoms with E-state index in [0.29, 0.717) is 13.0 Å². The molecule has 2 heterocycles. The Labute approximate surface area is 178 Å². The van der Waals surface area contributed by atoms with Crippen LogP contribution in [0.15, 0.2) is 54.6 Å². The molecule has 1 unspecified atom stereocenters. The zero-order chi connectivity index (χ0) is 22.0. The van der Waals surface area contributed by atoms with Gasteiger partial charge in [0.1, 0.15) is 17.6 Å². The number of fused-ring (bicyclic) bond motifs is 3. The third-order valence-electron chi connectivity index (χ3n) is 5.28. The van der Waals surface area contributed by atoms with Crippen molar-refractivity contribution in [3.8, 4) is 0 Å². The molecule has 3 N–H and O–H groups in total. The van der Waals surface area contributed by atoms with Gasteiger partial charge in [-0.25, -0.2) is 9.37 Å². The van der Waals surface area contributed by atoms with Crippen LogP contribution in [0.2, 0.25) is 0 Å². The Kier molecular flexibility index (Phi) is 5.66. The first-order chi connectivity index (χ1) is 14.9. The number of aromatic nitrogens is 2. The summed E-state index contributed by atoms with van der Waals surface area (Å²) in [5, 5.41) is 7.44. The second-order valence-corrected chi connectivity index (χ2v) is 7.55. The van der Waals surface area contributed by atoms with Gasteiger partial charge in [0.2, 0.25) is 5.91 Å². The number of carbonyl (C=O) groups excluding carboxylic acids is 2. The van der Waals surface area contributed by atoms with Gasteiger partial charge >= 0.3 is 0 Å². The first-order valence-electron chi connectivity index (χ1n) is 10.1. The monoisotopic (exact) mass is 418 g/mol. The molecule has 0 saturated heterocycles. The molecule has 2 aromatic carbocycles. The summed E-state index contributed by atoms with van der Waals surface area (Å²) in [6.45, 7) is 3.87. The number of nitrogens with one attached hydrogen (secondary N) is 3. The van der Waals surface area contributed by atoms with E-state index < -0.39 is 11.9 Å². The van der Waals surface area contributed by atoms with Crippen molar-refractivity contribution in [1.82, 2.24) is 20.6 Å². The Hall–Kier alpha value is -3.74. The van der Waals surface area contributed by atoms with Gasteiger partial charge in [0.25, 0.3) is 5.91 Å². The SMILES string of the molecule is Cc1nc(C(=O)NC(C)C(=O)NCCc2ccc(F)cc2)cc2c1[nH]c1ccccc12. The van der Waals surface area contributed by atoms with Crippen LogP contribution in [-0.2, 0) is 11.2 Å². The molecule has 158 valence electrons. The molecular weight excluding hydrogens is 395 g/mol. The molecule has 6 nitrogen and oxygen atoms in total. The van der Waals surface area contributed by atoms with E-state index in [1.54, 1.807) is 25.1 Å². The topological polar surface area (TPSA) is 86.9 Å². The fourth-order valence-electron chi connectivity index (χ4n) is 3.59. The van der Waals surface area contributed by atoms with Crippen molar-refractivity contribution in [2.24, 2.45) is 0 Å². The molecule has 0 radical (unpaired) electrons. The lowest BCUT2D eigenvalue weighted by atomic mass is 10.1. The van der Waals surface area contributed by atoms with Crippen LogP contribution >= 0.6 is 0 Å². The summed E-state index contributed by atoms with van der Waals surface area (Å²) in [6, 6.07) is 15.0. The molecule has 2 aromatic heterocycles. The Morgan fingerprint density at radius 1 is 1.10 bits per heavy atom. The van der Waals surface area contributed by atoms with E-state index in [1.165, 1.54) is 12.1 Å². The number of hydrogen-bond acceptors (Lipinski definition) is 3. The maximum absolute atomic E-state index is 13.0. The molecule has 2 amide bonds. The van der Waals surface area contributed by atoms with Gasteiger partial charge in [0, 0.05) is 22.8 Å². The third-order valence-corrected chi connectivity index (χ3v) is 5.28. The fourth-order valence-corrected chi connectivity index (χ4v) is 3.59. The number of hydrogen-bond donors (Lipinski definition) is 3. The largest absolute Gasteiger partial charge is 0.354 e. The summed E-state index contributed by atoms with van der Waals surface area (Å²) < 4.78 is 13.0. The number of halogens is 1. The highest BCUT2D eigenvalue weighted by Gasteiger charge is 2.19. The number of para-hydroxylation sites is 1. The van der Waals surface area contributed by atoms with Crippen molar-refractivity contribution in [1.29, 1.82) is 0 Å². The Morgan fingerprint density at radius 3 is 2.61 bits per heavy atom. The van der Waals surface area contributed by atoms with Gasteiger partial charge in [0.15, 0.2) is 0 Å². The molecule has 7 heteroatoms. The highest BCUT2D eigenvalue weighted by Crippen LogP contribution is 2.27. The van der Waals surface area contributed by atoms with Crippen molar-refractivity contribution in [2.45, 2.75) is 26.3 Å². The minimum absolute atomic E-state index is 0.265. The predicted molar refractivity (Wildman–Crippen MR) is 118 cm³/mol. The van der Waals surface area contributed by atoms with E-state index in [2.05, 4.69) is 20.6 Å². The number of nitrogens with zero attached hydrogens (tertiary/aromatic N) is 1. The average molecular weight is 418 g/mol. The first kappa shape index (κ1) is 20.5. The van der Waals surface area contributed by atoms with Crippen LogP contribution in [0, 0.1) is 12.7 Å². The molecule has 4 aromatic rings. The predicted octanol–water partition coefficient (Wildman–Crippen LogP) is 3.64. The maximum Gasteiger partial charge on any atom is 0.270 e. The van der Waals surface area contributed by atoms with E-state index in [1.807, 2.05) is 31.2 Å². The van der Waals surface area contributed by atoms with Crippen LogP contribution < -0.4 is 10.6 Å². The minimum atomic E-state index is -0.721. The normalized spacial score (nSPS) is 12.1. The quantitative estimate of drug-likeness (QED) is 0.447. The molecule has 0 spiro atoms. The number of carbonyl (C=O) groups is 2. The number of pyridine rings is 1. The number of amides is 2. The zero-order valence-corrected chi connectivity index (χ0v) is 17.3. The number of benzene rings is 2. The van der Waals surface area contributed by atoms with E-state index in [0.717, 1.165) is 33.1 Å². The van der Waals surface area contributed by atoms with Gasteiger partial charge in [-0.1, -0.05) is 30.3 Å². The summed E-state index contributed by atoms with van der Waals surface area (Å²) in [6.07, 6.45) is 0.574. The second-order valence-electron chi connectivity index (χ2n) is 7.55. The Balaban J connectivity index is 1.41. The van der Waals surface area contributed by atoms with Crippen molar-refractivity contribution >= 4 is 33.6 Å². The molecule has 0 fully saturated rings. The maximum atomic E-state index is 13.0. The summed E-state index contributed by atoms with van der Waals surface area (Å²) >= 11 is 0. The molecule has 31 heavy (non-hydrogen) atoms. The highest BCUT2D eigenvalue weighted by molar-refractivity contribution is 6.10. The average Bonchev–Trinajstić information content (AvgIpc) is 3.14. The summed E-state index contributed by atoms with van der Waals surface area (Å²) in [5.74, 6) is -0.990. The number of rotatable bonds is 6. The molecule has 0 saturated carbocycles. The van der Waals surface area contributed by atoms with Crippen LogP contribution in [0.1, 0.15) is 28.7 Å². The summed E-state index contributed by atoms with van der Waals surface area (Å²) in [4.78, 5) is 32.8. The molecule has 0 aliphatic heterocycles. The summed E-state index contributed by atoms with van der Waals surface area (Å²) in [5.41, 5.74) is 3.78. The summed E-state index contributed by atoms with van der Waals surface area (Å²) in [7, 11) is 0. The lowest BCUT2D eigenvalue weighted by Crippen LogP contribution is -2.45. The lowest BCUT2D eigenvalue weighted by molar-refractivity contribution is -0.122. The standard InChI is InChI=1S/C24H23FN4O2/c1-14-22-19(18-5-3-4-6-20(18)29-22)13-21(27-14)24(31)28-15(2)23(30)26-12-11-16-7-9-17(25)10-8-16/h3-10,13,15,29H,11-12H2,1-2H3,(H,26,30)(H,28,31). The van der Waals surface area contributed by atoms with Crippen LogP contribution in [0.25, 0.3) is 21.8 Å². The van der Waals surface area contributed by atoms with Crippen LogP contribution in [0.5, 0.6) is 0 Å². The number of aryl methyl sites for hydroxylation is 1. The van der Waals surface area contributed by atoms with Gasteiger partial charge in [0.05, 0.1) is 11.2 Å². The van der Waals surface area contributed by atoms with Crippen molar-refractivity contribution in [3.63, 3.8) is 0 Å². The molecule has 0 bridgehead atoms. The molecule has 1 atom stereocenters. The van der Waals surface area contributed by atoms with Crippen LogP contribution in [0.3, 0.4) is 0 Å². The van der Waals surface area contributed by atoms with Gasteiger partial charge < -0.3 is 15.6 Å². The third kappa shape index (κ3) is 4.40. The van der Waals surface area contributed by atoms with E-state index in [-0.39, 0.29) is 17.4 Å². The van der Waals surface area contributed by atoms with E-state index in [4.69, 9.17) is 0 Å². The van der Waals surface area contributed by atoms with Gasteiger partial charge in [-0.3, -0.25) is 9.59 Å². The Bertz CT molecular complexity index is 1260.